The fourth-order valence-corrected chi connectivity index (χ4v) is 0.777. The third kappa shape index (κ3) is 1.53. The number of pyridine rings is 1. The highest BCUT2D eigenvalue weighted by Crippen LogP contribution is 2.13. The van der Waals surface area contributed by atoms with Gasteiger partial charge in [-0.15, -0.1) is 0 Å². The van der Waals surface area contributed by atoms with Crippen LogP contribution in [0.2, 0.25) is 0 Å². The molecule has 0 radical (unpaired) electrons. The Labute approximate surface area is 59.9 Å². The number of halogens is 1. The van der Waals surface area contributed by atoms with Crippen LogP contribution in [0, 0.1) is 6.92 Å². The van der Waals surface area contributed by atoms with E-state index in [2.05, 4.69) is 4.98 Å². The number of hydrogen-bond donors (Lipinski definition) is 0. The van der Waals surface area contributed by atoms with Crippen molar-refractivity contribution in [3.05, 3.63) is 29.6 Å². The minimum atomic E-state index is -0.958. The van der Waals surface area contributed by atoms with Crippen LogP contribution in [0.5, 0.6) is 0 Å². The van der Waals surface area contributed by atoms with Crippen LogP contribution in [0.3, 0.4) is 0 Å². The average Bonchev–Trinajstić information content (AvgIpc) is 1.88. The summed E-state index contributed by atoms with van der Waals surface area (Å²) in [7, 11) is 0. The molecule has 0 amide bonds. The number of hydrogen-bond acceptors (Lipinski definition) is 1. The summed E-state index contributed by atoms with van der Waals surface area (Å²) in [4.78, 5) is 3.86. The number of alkyl halides is 1. The number of aromatic nitrogens is 1. The summed E-state index contributed by atoms with van der Waals surface area (Å²) in [5.41, 5.74) is 1.56. The van der Waals surface area contributed by atoms with Gasteiger partial charge in [0.1, 0.15) is 6.17 Å². The van der Waals surface area contributed by atoms with E-state index in [-0.39, 0.29) is 0 Å². The van der Waals surface area contributed by atoms with E-state index in [0.29, 0.717) is 5.69 Å². The number of rotatable bonds is 1. The smallest absolute Gasteiger partial charge is 0.139 e. The van der Waals surface area contributed by atoms with E-state index in [1.165, 1.54) is 6.92 Å². The van der Waals surface area contributed by atoms with E-state index in [1.54, 1.807) is 12.3 Å². The normalized spacial score (nSPS) is 13.1. The van der Waals surface area contributed by atoms with Crippen LogP contribution in [0.4, 0.5) is 4.39 Å². The lowest BCUT2D eigenvalue weighted by Crippen LogP contribution is -1.90. The zero-order valence-corrected chi connectivity index (χ0v) is 6.13. The summed E-state index contributed by atoms with van der Waals surface area (Å²) >= 11 is 0. The Morgan fingerprint density at radius 2 is 2.30 bits per heavy atom. The summed E-state index contributed by atoms with van der Waals surface area (Å²) in [5.74, 6) is 0. The van der Waals surface area contributed by atoms with Gasteiger partial charge < -0.3 is 0 Å². The molecule has 0 aromatic carbocycles. The average molecular weight is 139 g/mol. The molecule has 2 heteroatoms. The van der Waals surface area contributed by atoms with Gasteiger partial charge in [-0.25, -0.2) is 4.39 Å². The van der Waals surface area contributed by atoms with Crippen molar-refractivity contribution in [3.63, 3.8) is 0 Å². The fraction of sp³-hybridized carbons (Fsp3) is 0.375. The second-order valence-corrected chi connectivity index (χ2v) is 2.37. The summed E-state index contributed by atoms with van der Waals surface area (Å²) in [6, 6.07) is 3.61. The van der Waals surface area contributed by atoms with E-state index in [1.807, 2.05) is 13.0 Å². The van der Waals surface area contributed by atoms with Gasteiger partial charge in [0.2, 0.25) is 0 Å². The molecule has 0 bridgehead atoms. The zero-order valence-electron chi connectivity index (χ0n) is 6.13. The van der Waals surface area contributed by atoms with E-state index < -0.39 is 6.17 Å². The molecule has 0 saturated heterocycles. The van der Waals surface area contributed by atoms with Crippen molar-refractivity contribution in [2.45, 2.75) is 20.0 Å². The van der Waals surface area contributed by atoms with Crippen LogP contribution in [-0.2, 0) is 0 Å². The van der Waals surface area contributed by atoms with Crippen molar-refractivity contribution in [3.8, 4) is 0 Å². The second kappa shape index (κ2) is 2.78. The molecule has 54 valence electrons. The molecule has 0 N–H and O–H groups in total. The van der Waals surface area contributed by atoms with E-state index in [9.17, 15) is 4.39 Å². The summed E-state index contributed by atoms with van der Waals surface area (Å²) in [6.07, 6.45) is 0.667. The van der Waals surface area contributed by atoms with Crippen molar-refractivity contribution in [2.24, 2.45) is 0 Å². The van der Waals surface area contributed by atoms with Gasteiger partial charge in [-0.2, -0.15) is 0 Å². The third-order valence-corrected chi connectivity index (χ3v) is 1.34. The van der Waals surface area contributed by atoms with Crippen LogP contribution in [0.15, 0.2) is 18.3 Å². The first kappa shape index (κ1) is 7.19. The van der Waals surface area contributed by atoms with Crippen molar-refractivity contribution in [1.82, 2.24) is 4.98 Å². The van der Waals surface area contributed by atoms with Crippen LogP contribution < -0.4 is 0 Å². The fourth-order valence-electron chi connectivity index (χ4n) is 0.777. The Kier molecular flexibility index (Phi) is 2.00. The largest absolute Gasteiger partial charge is 0.258 e. The van der Waals surface area contributed by atoms with Crippen LogP contribution in [0.25, 0.3) is 0 Å². The number of aryl methyl sites for hydroxylation is 1. The molecule has 1 aromatic rings. The van der Waals surface area contributed by atoms with Gasteiger partial charge in [0.25, 0.3) is 0 Å². The van der Waals surface area contributed by atoms with Crippen molar-refractivity contribution in [1.29, 1.82) is 0 Å². The highest BCUT2D eigenvalue weighted by Gasteiger charge is 2.02. The molecule has 10 heavy (non-hydrogen) atoms. The van der Waals surface area contributed by atoms with E-state index in [4.69, 9.17) is 0 Å². The molecule has 1 atom stereocenters. The topological polar surface area (TPSA) is 12.9 Å². The van der Waals surface area contributed by atoms with Gasteiger partial charge >= 0.3 is 0 Å². The predicted molar refractivity (Wildman–Crippen MR) is 38.5 cm³/mol. The highest BCUT2D eigenvalue weighted by molar-refractivity contribution is 5.15. The predicted octanol–water partition coefficient (Wildman–Crippen LogP) is 2.42. The first-order valence-corrected chi connectivity index (χ1v) is 3.27. The van der Waals surface area contributed by atoms with E-state index >= 15 is 0 Å². The minimum absolute atomic E-state index is 0.514. The molecule has 1 nitrogen and oxygen atoms in total. The highest BCUT2D eigenvalue weighted by atomic mass is 19.1. The molecule has 0 aliphatic rings. The molecule has 1 rings (SSSR count). The van der Waals surface area contributed by atoms with Crippen molar-refractivity contribution in [2.75, 3.05) is 0 Å². The van der Waals surface area contributed by atoms with Crippen LogP contribution >= 0.6 is 0 Å². The van der Waals surface area contributed by atoms with Crippen molar-refractivity contribution < 1.29 is 4.39 Å². The molecule has 0 saturated carbocycles. The van der Waals surface area contributed by atoms with Gasteiger partial charge in [0.05, 0.1) is 5.69 Å². The molecule has 1 heterocycles. The van der Waals surface area contributed by atoms with Gasteiger partial charge in [-0.3, -0.25) is 4.98 Å². The van der Waals surface area contributed by atoms with Crippen LogP contribution in [0.1, 0.15) is 24.4 Å². The molecule has 1 unspecified atom stereocenters. The van der Waals surface area contributed by atoms with Gasteiger partial charge in [0.15, 0.2) is 0 Å². The molecule has 0 spiro atoms. The van der Waals surface area contributed by atoms with Gasteiger partial charge in [-0.1, -0.05) is 0 Å². The third-order valence-electron chi connectivity index (χ3n) is 1.34. The second-order valence-electron chi connectivity index (χ2n) is 2.37. The lowest BCUT2D eigenvalue weighted by atomic mass is 10.2. The van der Waals surface area contributed by atoms with Crippen LogP contribution in [-0.4, -0.2) is 4.98 Å². The minimum Gasteiger partial charge on any atom is -0.258 e. The maximum absolute atomic E-state index is 12.6. The molecule has 1 aromatic heterocycles. The summed E-state index contributed by atoms with van der Waals surface area (Å²) < 4.78 is 12.6. The summed E-state index contributed by atoms with van der Waals surface area (Å²) in [6.45, 7) is 3.41. The van der Waals surface area contributed by atoms with E-state index in [0.717, 1.165) is 5.56 Å². The Bertz CT molecular complexity index is 220. The summed E-state index contributed by atoms with van der Waals surface area (Å²) in [5, 5.41) is 0. The van der Waals surface area contributed by atoms with Gasteiger partial charge in [0, 0.05) is 6.20 Å². The molecule has 0 fully saturated rings. The maximum atomic E-state index is 12.6. The Hall–Kier alpha value is -0.920. The molecular weight excluding hydrogens is 129 g/mol. The van der Waals surface area contributed by atoms with Gasteiger partial charge in [-0.05, 0) is 31.5 Å². The first-order chi connectivity index (χ1) is 4.70. The van der Waals surface area contributed by atoms with Crippen molar-refractivity contribution >= 4 is 0 Å². The lowest BCUT2D eigenvalue weighted by Gasteiger charge is -2.00. The molecule has 0 aliphatic heterocycles. The monoisotopic (exact) mass is 139 g/mol. The lowest BCUT2D eigenvalue weighted by molar-refractivity contribution is 0.365. The Morgan fingerprint density at radius 1 is 1.60 bits per heavy atom. The zero-order chi connectivity index (χ0) is 7.56. The quantitative estimate of drug-likeness (QED) is 0.582. The Morgan fingerprint density at radius 3 is 2.70 bits per heavy atom. The molecular formula is C8H10FN. The first-order valence-electron chi connectivity index (χ1n) is 3.27. The molecule has 0 aliphatic carbocycles. The SMILES string of the molecule is Cc1ccnc(C(C)F)c1. The maximum Gasteiger partial charge on any atom is 0.139 e. The standard InChI is InChI=1S/C8H10FN/c1-6-3-4-10-8(5-6)7(2)9/h3-5,7H,1-2H3. The number of nitrogens with zero attached hydrogens (tertiary/aromatic N) is 1. The Balaban J connectivity index is 2.96.